The first-order valence-corrected chi connectivity index (χ1v) is 20.0. The molecule has 0 N–H and O–H groups in total. The zero-order chi connectivity index (χ0) is 42.4. The van der Waals surface area contributed by atoms with Gasteiger partial charge in [0.05, 0.1) is 44.2 Å². The summed E-state index contributed by atoms with van der Waals surface area (Å²) in [6, 6.07) is 29.8. The van der Waals surface area contributed by atoms with E-state index in [2.05, 4.69) is 0 Å². The number of aromatic nitrogens is 3. The normalized spacial score (nSPS) is 11.6. The number of carbonyl (C=O) groups excluding carboxylic acids is 3. The standard InChI is InChI=1S/C46H57N5O8/c1-45(2,3)58-40(52)23-27-55-29-30-56-28-26-50(25-24-49(7)43(53)59-46(4,5)6)44(54)57-42-38(32-35-19-13-9-14-20-35)48-41-37(31-34-17-11-8-12-18-34)47-39(33-51(41)42)36-21-15-10-16-22-36/h8-22,33H,23-32H2,1-7H3. The second kappa shape index (κ2) is 20.8. The summed E-state index contributed by atoms with van der Waals surface area (Å²) in [4.78, 5) is 52.3. The van der Waals surface area contributed by atoms with Crippen LogP contribution in [0.1, 0.15) is 70.5 Å². The number of hydrogen-bond donors (Lipinski definition) is 0. The van der Waals surface area contributed by atoms with Crippen molar-refractivity contribution >= 4 is 23.8 Å². The van der Waals surface area contributed by atoms with Crippen LogP contribution >= 0.6 is 0 Å². The maximum atomic E-state index is 14.4. The number of rotatable bonds is 18. The molecule has 0 radical (unpaired) electrons. The lowest BCUT2D eigenvalue weighted by molar-refractivity contribution is -0.156. The number of imidazole rings is 1. The van der Waals surface area contributed by atoms with Crippen molar-refractivity contribution in [2.45, 2.75) is 72.0 Å². The zero-order valence-electron chi connectivity index (χ0n) is 35.3. The number of ether oxygens (including phenoxy) is 5. The summed E-state index contributed by atoms with van der Waals surface area (Å²) in [6.45, 7) is 12.2. The molecule has 314 valence electrons. The molecule has 13 heteroatoms. The highest BCUT2D eigenvalue weighted by molar-refractivity contribution is 5.73. The minimum absolute atomic E-state index is 0.130. The first-order chi connectivity index (χ1) is 28.1. The molecule has 5 rings (SSSR count). The van der Waals surface area contributed by atoms with E-state index in [0.29, 0.717) is 29.9 Å². The number of carbonyl (C=O) groups is 3. The quantitative estimate of drug-likeness (QED) is 0.0633. The maximum absolute atomic E-state index is 14.4. The van der Waals surface area contributed by atoms with E-state index < -0.39 is 23.4 Å². The van der Waals surface area contributed by atoms with E-state index in [9.17, 15) is 14.4 Å². The van der Waals surface area contributed by atoms with Gasteiger partial charge in [-0.05, 0) is 52.7 Å². The third-order valence-electron chi connectivity index (χ3n) is 8.80. The Morgan fingerprint density at radius 3 is 1.78 bits per heavy atom. The first-order valence-electron chi connectivity index (χ1n) is 20.0. The van der Waals surface area contributed by atoms with Crippen LogP contribution in [0.15, 0.2) is 97.2 Å². The molecule has 0 aliphatic rings. The topological polar surface area (TPSA) is 134 Å². The van der Waals surface area contributed by atoms with Crippen LogP contribution in [0.25, 0.3) is 16.9 Å². The van der Waals surface area contributed by atoms with Gasteiger partial charge in [0, 0.05) is 51.3 Å². The van der Waals surface area contributed by atoms with E-state index in [1.165, 1.54) is 9.80 Å². The molecular formula is C46H57N5O8. The Morgan fingerprint density at radius 2 is 1.19 bits per heavy atom. The third kappa shape index (κ3) is 14.2. The highest BCUT2D eigenvalue weighted by Crippen LogP contribution is 2.30. The number of amides is 2. The smallest absolute Gasteiger partial charge is 0.416 e. The van der Waals surface area contributed by atoms with Crippen molar-refractivity contribution in [3.8, 4) is 17.1 Å². The van der Waals surface area contributed by atoms with Gasteiger partial charge in [0.25, 0.3) is 0 Å². The molecule has 2 heterocycles. The van der Waals surface area contributed by atoms with Gasteiger partial charge in [-0.3, -0.25) is 9.20 Å². The lowest BCUT2D eigenvalue weighted by Crippen LogP contribution is -2.43. The number of esters is 1. The van der Waals surface area contributed by atoms with Crippen molar-refractivity contribution in [3.05, 3.63) is 120 Å². The van der Waals surface area contributed by atoms with Crippen LogP contribution in [-0.2, 0) is 36.6 Å². The lowest BCUT2D eigenvalue weighted by Gasteiger charge is -2.27. The zero-order valence-corrected chi connectivity index (χ0v) is 35.3. The van der Waals surface area contributed by atoms with Crippen molar-refractivity contribution in [2.75, 3.05) is 53.1 Å². The van der Waals surface area contributed by atoms with Gasteiger partial charge in [-0.2, -0.15) is 0 Å². The summed E-state index contributed by atoms with van der Waals surface area (Å²) >= 11 is 0. The Balaban J connectivity index is 1.40. The fourth-order valence-corrected chi connectivity index (χ4v) is 5.99. The maximum Gasteiger partial charge on any atom is 0.416 e. The molecule has 0 saturated carbocycles. The molecule has 0 aliphatic carbocycles. The van der Waals surface area contributed by atoms with Gasteiger partial charge >= 0.3 is 18.2 Å². The van der Waals surface area contributed by atoms with E-state index in [1.807, 2.05) is 122 Å². The Kier molecular flexibility index (Phi) is 15.6. The number of likely N-dealkylation sites (N-methyl/N-ethyl adjacent to an activating group) is 1. The number of fused-ring (bicyclic) bond motifs is 1. The molecule has 0 fully saturated rings. The minimum Gasteiger partial charge on any atom is -0.460 e. The predicted octanol–water partition coefficient (Wildman–Crippen LogP) is 8.01. The second-order valence-electron chi connectivity index (χ2n) is 16.1. The van der Waals surface area contributed by atoms with Crippen molar-refractivity contribution in [1.82, 2.24) is 24.2 Å². The van der Waals surface area contributed by atoms with Crippen LogP contribution in [0.2, 0.25) is 0 Å². The van der Waals surface area contributed by atoms with E-state index in [0.717, 1.165) is 22.4 Å². The minimum atomic E-state index is -0.683. The predicted molar refractivity (Wildman–Crippen MR) is 225 cm³/mol. The molecular weight excluding hydrogens is 751 g/mol. The van der Waals surface area contributed by atoms with Gasteiger partial charge in [0.2, 0.25) is 5.88 Å². The average molecular weight is 808 g/mol. The largest absolute Gasteiger partial charge is 0.460 e. The highest BCUT2D eigenvalue weighted by Gasteiger charge is 2.26. The van der Waals surface area contributed by atoms with Gasteiger partial charge in [-0.25, -0.2) is 19.6 Å². The summed E-state index contributed by atoms with van der Waals surface area (Å²) in [5.74, 6) is -0.0608. The van der Waals surface area contributed by atoms with E-state index >= 15 is 0 Å². The molecule has 0 spiro atoms. The summed E-state index contributed by atoms with van der Waals surface area (Å²) in [7, 11) is 1.62. The van der Waals surface area contributed by atoms with Crippen molar-refractivity contribution in [1.29, 1.82) is 0 Å². The van der Waals surface area contributed by atoms with Crippen LogP contribution in [0, 0.1) is 0 Å². The van der Waals surface area contributed by atoms with E-state index in [1.54, 1.807) is 27.8 Å². The molecule has 3 aromatic carbocycles. The Hall–Kier alpha value is -5.79. The van der Waals surface area contributed by atoms with Crippen molar-refractivity contribution in [2.24, 2.45) is 0 Å². The van der Waals surface area contributed by atoms with Crippen LogP contribution < -0.4 is 4.74 Å². The second-order valence-corrected chi connectivity index (χ2v) is 16.1. The van der Waals surface area contributed by atoms with Crippen LogP contribution in [0.5, 0.6) is 5.88 Å². The van der Waals surface area contributed by atoms with Gasteiger partial charge in [0.15, 0.2) is 5.65 Å². The van der Waals surface area contributed by atoms with Crippen LogP contribution in [0.4, 0.5) is 9.59 Å². The monoisotopic (exact) mass is 807 g/mol. The highest BCUT2D eigenvalue weighted by atomic mass is 16.6. The number of nitrogens with zero attached hydrogens (tertiary/aromatic N) is 5. The van der Waals surface area contributed by atoms with Crippen LogP contribution in [-0.4, -0.2) is 107 Å². The van der Waals surface area contributed by atoms with Gasteiger partial charge in [-0.1, -0.05) is 91.0 Å². The fourth-order valence-electron chi connectivity index (χ4n) is 5.99. The number of hydrogen-bond acceptors (Lipinski definition) is 10. The first kappa shape index (κ1) is 44.3. The van der Waals surface area contributed by atoms with Crippen molar-refractivity contribution < 1.29 is 38.1 Å². The molecule has 5 aromatic rings. The summed E-state index contributed by atoms with van der Waals surface area (Å²) in [5, 5.41) is 0. The molecule has 0 unspecified atom stereocenters. The molecule has 0 aliphatic heterocycles. The molecule has 13 nitrogen and oxygen atoms in total. The molecule has 2 aromatic heterocycles. The average Bonchev–Trinajstić information content (AvgIpc) is 3.52. The summed E-state index contributed by atoms with van der Waals surface area (Å²) < 4.78 is 30.5. The lowest BCUT2D eigenvalue weighted by atomic mass is 10.1. The SMILES string of the molecule is CN(CCN(CCOCCOCCC(=O)OC(C)(C)C)C(=O)Oc1c(Cc2ccccc2)nc2c(Cc3ccccc3)nc(-c3ccccc3)cn12)C(=O)OC(C)(C)C. The molecule has 0 saturated heterocycles. The summed E-state index contributed by atoms with van der Waals surface area (Å²) in [5.41, 5.74) is 4.28. The molecule has 2 amide bonds. The van der Waals surface area contributed by atoms with Gasteiger partial charge in [-0.15, -0.1) is 0 Å². The fraction of sp³-hybridized carbons (Fsp3) is 0.413. The molecule has 0 atom stereocenters. The Morgan fingerprint density at radius 1 is 0.627 bits per heavy atom. The number of benzene rings is 3. The Labute approximate surface area is 347 Å². The van der Waals surface area contributed by atoms with E-state index in [4.69, 9.17) is 33.7 Å². The van der Waals surface area contributed by atoms with Crippen LogP contribution in [0.3, 0.4) is 0 Å². The molecule has 59 heavy (non-hydrogen) atoms. The van der Waals surface area contributed by atoms with Gasteiger partial charge in [0.1, 0.15) is 16.9 Å². The van der Waals surface area contributed by atoms with E-state index in [-0.39, 0.29) is 64.3 Å². The summed E-state index contributed by atoms with van der Waals surface area (Å²) in [6.07, 6.45) is 1.74. The van der Waals surface area contributed by atoms with Crippen molar-refractivity contribution in [3.63, 3.8) is 0 Å². The Bertz CT molecular complexity index is 2110. The molecule has 0 bridgehead atoms. The van der Waals surface area contributed by atoms with Gasteiger partial charge < -0.3 is 33.5 Å². The third-order valence-corrected chi connectivity index (χ3v) is 8.80.